The number of ether oxygens (including phenoxy) is 2. The van der Waals surface area contributed by atoms with E-state index in [0.29, 0.717) is 35.2 Å². The number of methoxy groups -OCH3 is 1. The van der Waals surface area contributed by atoms with Crippen molar-refractivity contribution in [1.29, 1.82) is 0 Å². The summed E-state index contributed by atoms with van der Waals surface area (Å²) in [5.41, 5.74) is 1.68. The molecule has 3 rings (SSSR count). The minimum atomic E-state index is -0.174. The average Bonchev–Trinajstić information content (AvgIpc) is 3.27. The molecular weight excluding hydrogens is 388 g/mol. The van der Waals surface area contributed by atoms with Gasteiger partial charge in [-0.2, -0.15) is 0 Å². The van der Waals surface area contributed by atoms with Crippen molar-refractivity contribution in [3.05, 3.63) is 58.6 Å². The maximum absolute atomic E-state index is 12.9. The van der Waals surface area contributed by atoms with E-state index >= 15 is 0 Å². The van der Waals surface area contributed by atoms with Gasteiger partial charge in [0.2, 0.25) is 0 Å². The highest BCUT2D eigenvalue weighted by Crippen LogP contribution is 2.36. The summed E-state index contributed by atoms with van der Waals surface area (Å²) in [6.45, 7) is 5.20. The zero-order valence-electron chi connectivity index (χ0n) is 17.1. The van der Waals surface area contributed by atoms with Crippen molar-refractivity contribution >= 4 is 17.5 Å². The summed E-state index contributed by atoms with van der Waals surface area (Å²) in [6.07, 6.45) is 3.26. The first kappa shape index (κ1) is 21.5. The fourth-order valence-corrected chi connectivity index (χ4v) is 3.94. The first-order valence-electron chi connectivity index (χ1n) is 10.2. The number of carbonyl (C=O) groups excluding carboxylic acids is 1. The van der Waals surface area contributed by atoms with Crippen LogP contribution in [0.25, 0.3) is 0 Å². The number of benzene rings is 2. The molecule has 1 fully saturated rings. The molecule has 6 heteroatoms. The minimum absolute atomic E-state index is 0.159. The highest BCUT2D eigenvalue weighted by molar-refractivity contribution is 6.32. The van der Waals surface area contributed by atoms with Gasteiger partial charge in [0, 0.05) is 12.1 Å². The van der Waals surface area contributed by atoms with Gasteiger partial charge < -0.3 is 14.8 Å². The molecule has 0 spiro atoms. The Morgan fingerprint density at radius 2 is 1.93 bits per heavy atom. The van der Waals surface area contributed by atoms with Crippen molar-refractivity contribution in [3.63, 3.8) is 0 Å². The van der Waals surface area contributed by atoms with Gasteiger partial charge in [0.1, 0.15) is 0 Å². The lowest BCUT2D eigenvalue weighted by Gasteiger charge is -2.28. The van der Waals surface area contributed by atoms with Gasteiger partial charge in [-0.1, -0.05) is 48.9 Å². The normalized spacial score (nSPS) is 15.1. The van der Waals surface area contributed by atoms with E-state index in [9.17, 15) is 4.79 Å². The summed E-state index contributed by atoms with van der Waals surface area (Å²) in [5, 5.41) is 3.46. The summed E-state index contributed by atoms with van der Waals surface area (Å²) in [6, 6.07) is 13.8. The largest absolute Gasteiger partial charge is 0.493 e. The third-order valence-corrected chi connectivity index (χ3v) is 5.44. The third-order valence-electron chi connectivity index (χ3n) is 5.16. The molecule has 29 heavy (non-hydrogen) atoms. The second-order valence-electron chi connectivity index (χ2n) is 7.22. The third kappa shape index (κ3) is 5.43. The Kier molecular flexibility index (Phi) is 7.78. The predicted molar refractivity (Wildman–Crippen MR) is 116 cm³/mol. The number of likely N-dealkylation sites (tertiary alicyclic amines) is 1. The zero-order chi connectivity index (χ0) is 20.6. The summed E-state index contributed by atoms with van der Waals surface area (Å²) < 4.78 is 11.1. The average molecular weight is 417 g/mol. The van der Waals surface area contributed by atoms with E-state index in [0.717, 1.165) is 19.5 Å². The minimum Gasteiger partial charge on any atom is -0.493 e. The maximum atomic E-state index is 12.9. The SMILES string of the molecule is CCCOc1c(Cl)cc(C(=O)NCC(c2ccccc2)N2CCCC2)cc1OC. The Balaban J connectivity index is 1.73. The van der Waals surface area contributed by atoms with Gasteiger partial charge in [-0.05, 0) is 50.0 Å². The number of hydrogen-bond acceptors (Lipinski definition) is 4. The molecule has 2 aromatic carbocycles. The number of nitrogens with zero attached hydrogens (tertiary/aromatic N) is 1. The Hall–Kier alpha value is -2.24. The number of hydrogen-bond donors (Lipinski definition) is 1. The first-order valence-corrected chi connectivity index (χ1v) is 10.6. The number of carbonyl (C=O) groups is 1. The lowest BCUT2D eigenvalue weighted by molar-refractivity contribution is 0.0937. The van der Waals surface area contributed by atoms with Crippen LogP contribution in [0.2, 0.25) is 5.02 Å². The van der Waals surface area contributed by atoms with E-state index < -0.39 is 0 Å². The molecule has 1 unspecified atom stereocenters. The Labute approximate surface area is 177 Å². The van der Waals surface area contributed by atoms with E-state index in [4.69, 9.17) is 21.1 Å². The second kappa shape index (κ2) is 10.5. The molecule has 1 amide bonds. The zero-order valence-corrected chi connectivity index (χ0v) is 17.9. The summed E-state index contributed by atoms with van der Waals surface area (Å²) in [5.74, 6) is 0.773. The number of rotatable bonds is 9. The van der Waals surface area contributed by atoms with Crippen LogP contribution >= 0.6 is 11.6 Å². The van der Waals surface area contributed by atoms with E-state index in [1.807, 2.05) is 25.1 Å². The first-order chi connectivity index (χ1) is 14.1. The van der Waals surface area contributed by atoms with Crippen LogP contribution < -0.4 is 14.8 Å². The van der Waals surface area contributed by atoms with Gasteiger partial charge in [0.05, 0.1) is 24.8 Å². The quantitative estimate of drug-likeness (QED) is 0.643. The van der Waals surface area contributed by atoms with Gasteiger partial charge in [0.25, 0.3) is 5.91 Å². The maximum Gasteiger partial charge on any atom is 0.251 e. The molecule has 0 aromatic heterocycles. The number of amides is 1. The lowest BCUT2D eigenvalue weighted by atomic mass is 10.1. The Bertz CT molecular complexity index is 807. The van der Waals surface area contributed by atoms with Gasteiger partial charge in [-0.15, -0.1) is 0 Å². The molecule has 0 radical (unpaired) electrons. The standard InChI is InChI=1S/C23H29ClN2O3/c1-3-13-29-22-19(24)14-18(15-21(22)28-2)23(27)25-16-20(26-11-7-8-12-26)17-9-5-4-6-10-17/h4-6,9-10,14-15,20H,3,7-8,11-13,16H2,1-2H3,(H,25,27). The summed E-state index contributed by atoms with van der Waals surface area (Å²) in [4.78, 5) is 15.3. The molecule has 2 aromatic rings. The molecule has 0 aliphatic carbocycles. The van der Waals surface area contributed by atoms with Gasteiger partial charge in [0.15, 0.2) is 11.5 Å². The predicted octanol–water partition coefficient (Wildman–Crippen LogP) is 4.70. The lowest BCUT2D eigenvalue weighted by Crippen LogP contribution is -2.36. The van der Waals surface area contributed by atoms with E-state index in [-0.39, 0.29) is 11.9 Å². The van der Waals surface area contributed by atoms with Crippen LogP contribution in [0.5, 0.6) is 11.5 Å². The molecule has 1 saturated heterocycles. The summed E-state index contributed by atoms with van der Waals surface area (Å²) in [7, 11) is 1.55. The van der Waals surface area contributed by atoms with Crippen molar-refractivity contribution in [3.8, 4) is 11.5 Å². The Morgan fingerprint density at radius 3 is 2.59 bits per heavy atom. The molecule has 1 N–H and O–H groups in total. The molecule has 1 aliphatic rings. The highest BCUT2D eigenvalue weighted by atomic mass is 35.5. The van der Waals surface area contributed by atoms with Crippen LogP contribution in [0, 0.1) is 0 Å². The fourth-order valence-electron chi connectivity index (χ4n) is 3.67. The smallest absolute Gasteiger partial charge is 0.251 e. The molecule has 1 heterocycles. The second-order valence-corrected chi connectivity index (χ2v) is 7.62. The topological polar surface area (TPSA) is 50.8 Å². The Morgan fingerprint density at radius 1 is 1.21 bits per heavy atom. The van der Waals surface area contributed by atoms with Crippen LogP contribution in [0.3, 0.4) is 0 Å². The van der Waals surface area contributed by atoms with Gasteiger partial charge >= 0.3 is 0 Å². The van der Waals surface area contributed by atoms with Crippen molar-refractivity contribution in [2.24, 2.45) is 0 Å². The number of halogens is 1. The van der Waals surface area contributed by atoms with Crippen LogP contribution in [0.1, 0.15) is 48.1 Å². The molecule has 156 valence electrons. The molecular formula is C23H29ClN2O3. The van der Waals surface area contributed by atoms with Gasteiger partial charge in [-0.25, -0.2) is 0 Å². The molecule has 0 bridgehead atoms. The van der Waals surface area contributed by atoms with Crippen molar-refractivity contribution in [1.82, 2.24) is 10.2 Å². The van der Waals surface area contributed by atoms with Gasteiger partial charge in [-0.3, -0.25) is 9.69 Å². The van der Waals surface area contributed by atoms with Crippen molar-refractivity contribution in [2.45, 2.75) is 32.2 Å². The van der Waals surface area contributed by atoms with Crippen LogP contribution in [0.4, 0.5) is 0 Å². The monoisotopic (exact) mass is 416 g/mol. The van der Waals surface area contributed by atoms with E-state index in [1.165, 1.54) is 18.4 Å². The summed E-state index contributed by atoms with van der Waals surface area (Å²) >= 11 is 6.36. The fraction of sp³-hybridized carbons (Fsp3) is 0.435. The molecule has 1 atom stereocenters. The molecule has 1 aliphatic heterocycles. The molecule has 0 saturated carbocycles. The highest BCUT2D eigenvalue weighted by Gasteiger charge is 2.24. The van der Waals surface area contributed by atoms with Crippen LogP contribution in [-0.4, -0.2) is 44.2 Å². The number of nitrogens with one attached hydrogen (secondary N) is 1. The van der Waals surface area contributed by atoms with Crippen LogP contribution in [0.15, 0.2) is 42.5 Å². The van der Waals surface area contributed by atoms with Crippen molar-refractivity contribution < 1.29 is 14.3 Å². The van der Waals surface area contributed by atoms with E-state index in [1.54, 1.807) is 19.2 Å². The van der Waals surface area contributed by atoms with E-state index in [2.05, 4.69) is 22.3 Å². The van der Waals surface area contributed by atoms with Crippen LogP contribution in [-0.2, 0) is 0 Å². The van der Waals surface area contributed by atoms with Crippen molar-refractivity contribution in [2.75, 3.05) is 33.4 Å². The molecule has 5 nitrogen and oxygen atoms in total.